The summed E-state index contributed by atoms with van der Waals surface area (Å²) in [5.74, 6) is 0.384. The molecular weight excluding hydrogens is 330 g/mol. The van der Waals surface area contributed by atoms with Crippen LogP contribution in [0, 0.1) is 0 Å². The third-order valence-corrected chi connectivity index (χ3v) is 5.40. The predicted octanol–water partition coefficient (Wildman–Crippen LogP) is 0.736. The monoisotopic (exact) mass is 351 g/mol. The van der Waals surface area contributed by atoms with Gasteiger partial charge in [0.15, 0.2) is 9.84 Å². The number of ether oxygens (including phenoxy) is 1. The fourth-order valence-electron chi connectivity index (χ4n) is 2.99. The van der Waals surface area contributed by atoms with Gasteiger partial charge in [-0.05, 0) is 32.1 Å². The normalized spacial score (nSPS) is 28.8. The zero-order valence-corrected chi connectivity index (χ0v) is 14.5. The van der Waals surface area contributed by atoms with Gasteiger partial charge < -0.3 is 15.0 Å². The number of anilines is 1. The Kier molecular flexibility index (Phi) is 4.60. The molecule has 3 rings (SSSR count). The molecule has 1 fully saturated rings. The van der Waals surface area contributed by atoms with Crippen molar-refractivity contribution in [1.82, 2.24) is 10.3 Å². The summed E-state index contributed by atoms with van der Waals surface area (Å²) in [6.45, 7) is 5.56. The van der Waals surface area contributed by atoms with E-state index in [9.17, 15) is 13.2 Å². The number of carbonyl (C=O) groups is 1. The highest BCUT2D eigenvalue weighted by Crippen LogP contribution is 2.18. The molecule has 0 radical (unpaired) electrons. The van der Waals surface area contributed by atoms with Crippen molar-refractivity contribution >= 4 is 21.6 Å². The van der Waals surface area contributed by atoms with Gasteiger partial charge in [-0.15, -0.1) is 0 Å². The number of aromatic nitrogens is 1. The van der Waals surface area contributed by atoms with Crippen molar-refractivity contribution in [3.8, 4) is 0 Å². The molecule has 7 nitrogen and oxygen atoms in total. The largest absolute Gasteiger partial charge is 0.372 e. The van der Waals surface area contributed by atoms with Crippen LogP contribution in [0.2, 0.25) is 0 Å². The number of rotatable bonds is 3. The van der Waals surface area contributed by atoms with Crippen molar-refractivity contribution in [3.63, 3.8) is 0 Å². The number of carbonyl (C=O) groups excluding carboxylic acids is 1. The van der Waals surface area contributed by atoms with Crippen molar-refractivity contribution in [2.75, 3.05) is 23.7 Å². The van der Waals surface area contributed by atoms with Gasteiger partial charge in [0, 0.05) is 24.7 Å². The van der Waals surface area contributed by atoms with Crippen LogP contribution in [0.15, 0.2) is 29.8 Å². The summed E-state index contributed by atoms with van der Waals surface area (Å²) in [7, 11) is -3.18. The van der Waals surface area contributed by atoms with E-state index in [4.69, 9.17) is 4.74 Å². The Balaban J connectivity index is 1.64. The number of pyridine rings is 1. The summed E-state index contributed by atoms with van der Waals surface area (Å²) in [6, 6.07) is 3.03. The van der Waals surface area contributed by atoms with Crippen LogP contribution in [0.3, 0.4) is 0 Å². The van der Waals surface area contributed by atoms with Crippen LogP contribution in [0.1, 0.15) is 24.2 Å². The molecule has 3 unspecified atom stereocenters. The van der Waals surface area contributed by atoms with E-state index < -0.39 is 15.9 Å². The van der Waals surface area contributed by atoms with Gasteiger partial charge in [0.1, 0.15) is 5.82 Å². The van der Waals surface area contributed by atoms with Crippen molar-refractivity contribution in [1.29, 1.82) is 0 Å². The van der Waals surface area contributed by atoms with Crippen LogP contribution in [0.4, 0.5) is 5.82 Å². The zero-order chi connectivity index (χ0) is 17.3. The molecule has 1 amide bonds. The van der Waals surface area contributed by atoms with E-state index in [-0.39, 0.29) is 23.9 Å². The molecule has 0 bridgehead atoms. The van der Waals surface area contributed by atoms with Gasteiger partial charge in [-0.3, -0.25) is 4.79 Å². The average molecular weight is 351 g/mol. The molecule has 0 spiro atoms. The minimum Gasteiger partial charge on any atom is -0.372 e. The Morgan fingerprint density at radius 1 is 1.29 bits per heavy atom. The minimum absolute atomic E-state index is 0.0895. The first-order valence-electron chi connectivity index (χ1n) is 7.91. The smallest absolute Gasteiger partial charge is 0.253 e. The molecule has 24 heavy (non-hydrogen) atoms. The van der Waals surface area contributed by atoms with E-state index in [0.29, 0.717) is 5.56 Å². The quantitative estimate of drug-likeness (QED) is 0.864. The number of amides is 1. The second kappa shape index (κ2) is 6.52. The highest BCUT2D eigenvalue weighted by molar-refractivity contribution is 7.94. The summed E-state index contributed by atoms with van der Waals surface area (Å²) in [6.07, 6.45) is 3.28. The molecule has 0 saturated carbocycles. The lowest BCUT2D eigenvalue weighted by Gasteiger charge is -2.36. The maximum absolute atomic E-state index is 12.2. The van der Waals surface area contributed by atoms with Crippen LogP contribution >= 0.6 is 0 Å². The Morgan fingerprint density at radius 3 is 2.54 bits per heavy atom. The molecule has 0 aliphatic carbocycles. The average Bonchev–Trinajstić information content (AvgIpc) is 2.85. The Morgan fingerprint density at radius 2 is 2.00 bits per heavy atom. The maximum Gasteiger partial charge on any atom is 0.253 e. The number of sulfone groups is 1. The van der Waals surface area contributed by atoms with Crippen molar-refractivity contribution < 1.29 is 17.9 Å². The van der Waals surface area contributed by atoms with Crippen LogP contribution in [0.25, 0.3) is 0 Å². The van der Waals surface area contributed by atoms with E-state index in [1.807, 2.05) is 13.8 Å². The van der Waals surface area contributed by atoms with E-state index in [1.54, 1.807) is 12.1 Å². The first-order valence-corrected chi connectivity index (χ1v) is 9.62. The number of hydrogen-bond donors (Lipinski definition) is 1. The second-order valence-electron chi connectivity index (χ2n) is 6.31. The molecule has 1 aromatic rings. The predicted molar refractivity (Wildman–Crippen MR) is 90.6 cm³/mol. The lowest BCUT2D eigenvalue weighted by atomic mass is 10.2. The van der Waals surface area contributed by atoms with E-state index in [2.05, 4.69) is 15.2 Å². The zero-order valence-electron chi connectivity index (χ0n) is 13.7. The standard InChI is InChI=1S/C16H21N3O4S/c1-11-8-19(9-12(2)23-11)15-4-3-13(7-17-15)16(20)18-14-5-6-24(21,22)10-14/h3-7,11-12,14H,8-10H2,1-2H3,(H,18,20). The van der Waals surface area contributed by atoms with Crippen LogP contribution in [-0.4, -0.2) is 56.4 Å². The highest BCUT2D eigenvalue weighted by Gasteiger charge is 2.25. The van der Waals surface area contributed by atoms with Crippen LogP contribution in [0.5, 0.6) is 0 Å². The van der Waals surface area contributed by atoms with Gasteiger partial charge >= 0.3 is 0 Å². The Labute approximate surface area is 141 Å². The molecule has 3 heterocycles. The number of hydrogen-bond acceptors (Lipinski definition) is 6. The number of morpholine rings is 1. The van der Waals surface area contributed by atoms with Gasteiger partial charge in [0.2, 0.25) is 0 Å². The van der Waals surface area contributed by atoms with Crippen molar-refractivity contribution in [2.45, 2.75) is 32.1 Å². The second-order valence-corrected chi connectivity index (χ2v) is 8.24. The number of nitrogens with one attached hydrogen (secondary N) is 1. The van der Waals surface area contributed by atoms with Crippen molar-refractivity contribution in [2.24, 2.45) is 0 Å². The molecule has 1 saturated heterocycles. The first kappa shape index (κ1) is 16.9. The molecule has 1 N–H and O–H groups in total. The van der Waals surface area contributed by atoms with E-state index in [0.717, 1.165) is 24.3 Å². The van der Waals surface area contributed by atoms with E-state index in [1.165, 1.54) is 12.3 Å². The SMILES string of the molecule is CC1CN(c2ccc(C(=O)NC3C=CS(=O)(=O)C3)cn2)CC(C)O1. The minimum atomic E-state index is -3.18. The van der Waals surface area contributed by atoms with Gasteiger partial charge in [0.25, 0.3) is 5.91 Å². The fraction of sp³-hybridized carbons (Fsp3) is 0.500. The van der Waals surface area contributed by atoms with Crippen LogP contribution in [-0.2, 0) is 14.6 Å². The van der Waals surface area contributed by atoms with Gasteiger partial charge in [-0.25, -0.2) is 13.4 Å². The topological polar surface area (TPSA) is 88.6 Å². The Hall–Kier alpha value is -1.93. The fourth-order valence-corrected chi connectivity index (χ4v) is 4.23. The van der Waals surface area contributed by atoms with Gasteiger partial charge in [0.05, 0.1) is 29.6 Å². The lowest BCUT2D eigenvalue weighted by molar-refractivity contribution is -0.00546. The summed E-state index contributed by atoms with van der Waals surface area (Å²) in [5, 5.41) is 3.82. The summed E-state index contributed by atoms with van der Waals surface area (Å²) < 4.78 is 28.4. The summed E-state index contributed by atoms with van der Waals surface area (Å²) in [4.78, 5) is 18.7. The maximum atomic E-state index is 12.2. The highest BCUT2D eigenvalue weighted by atomic mass is 32.2. The van der Waals surface area contributed by atoms with E-state index >= 15 is 0 Å². The third-order valence-electron chi connectivity index (χ3n) is 4.00. The molecule has 2 aliphatic heterocycles. The Bertz CT molecular complexity index is 735. The third kappa shape index (κ3) is 3.93. The molecule has 130 valence electrons. The first-order chi connectivity index (χ1) is 11.3. The summed E-state index contributed by atoms with van der Waals surface area (Å²) >= 11 is 0. The van der Waals surface area contributed by atoms with Crippen LogP contribution < -0.4 is 10.2 Å². The lowest BCUT2D eigenvalue weighted by Crippen LogP contribution is -2.45. The van der Waals surface area contributed by atoms with Gasteiger partial charge in [-0.1, -0.05) is 0 Å². The molecule has 3 atom stereocenters. The molecule has 1 aromatic heterocycles. The molecule has 8 heteroatoms. The summed E-state index contributed by atoms with van der Waals surface area (Å²) in [5.41, 5.74) is 0.408. The van der Waals surface area contributed by atoms with Crippen molar-refractivity contribution in [3.05, 3.63) is 35.4 Å². The molecular formula is C16H21N3O4S. The molecule has 2 aliphatic rings. The molecule has 0 aromatic carbocycles. The number of nitrogens with zero attached hydrogens (tertiary/aromatic N) is 2. The van der Waals surface area contributed by atoms with Gasteiger partial charge in [-0.2, -0.15) is 0 Å².